The van der Waals surface area contributed by atoms with Gasteiger partial charge in [0.2, 0.25) is 0 Å². The molecule has 6 aromatic rings. The van der Waals surface area contributed by atoms with E-state index in [-0.39, 0.29) is 10.8 Å². The lowest BCUT2D eigenvalue weighted by Gasteiger charge is -2.32. The summed E-state index contributed by atoms with van der Waals surface area (Å²) in [6.45, 7) is 9.43. The molecule has 0 heterocycles. The standard InChI is InChI=1S/C44H39N/c1-5-44(6-2)40-19-13-11-17-36(40)38-27-25-34(29-42(38)44)45(32-22-20-31(21-23-32)30-14-8-7-9-15-30)33-24-26-37-35-16-10-12-18-39(35)43(3,4)41(37)28-33/h7-29H,5-6H2,1-4H3. The molecule has 0 aromatic heterocycles. The minimum atomic E-state index is -0.0655. The van der Waals surface area contributed by atoms with E-state index in [4.69, 9.17) is 0 Å². The molecule has 0 aliphatic heterocycles. The van der Waals surface area contributed by atoms with E-state index in [0.717, 1.165) is 18.5 Å². The highest BCUT2D eigenvalue weighted by molar-refractivity contribution is 5.88. The lowest BCUT2D eigenvalue weighted by atomic mass is 9.74. The third-order valence-electron chi connectivity index (χ3n) is 10.8. The van der Waals surface area contributed by atoms with Gasteiger partial charge in [0.25, 0.3) is 0 Å². The Morgan fingerprint density at radius 1 is 0.422 bits per heavy atom. The van der Waals surface area contributed by atoms with Crippen LogP contribution in [0, 0.1) is 0 Å². The number of fused-ring (bicyclic) bond motifs is 6. The van der Waals surface area contributed by atoms with Gasteiger partial charge in [-0.25, -0.2) is 0 Å². The van der Waals surface area contributed by atoms with Crippen molar-refractivity contribution >= 4 is 17.1 Å². The molecule has 0 N–H and O–H groups in total. The SMILES string of the molecule is CCC1(CC)c2ccccc2-c2ccc(N(c3ccc(-c4ccccc4)cc3)c3ccc4c(c3)C(C)(C)c3ccccc3-4)cc21. The Morgan fingerprint density at radius 3 is 1.53 bits per heavy atom. The zero-order valence-electron chi connectivity index (χ0n) is 26.6. The Morgan fingerprint density at radius 2 is 0.889 bits per heavy atom. The molecule has 0 saturated heterocycles. The van der Waals surface area contributed by atoms with Gasteiger partial charge in [-0.2, -0.15) is 0 Å². The Bertz CT molecular complexity index is 2040. The van der Waals surface area contributed by atoms with Crippen molar-refractivity contribution in [3.05, 3.63) is 162 Å². The molecule has 0 fully saturated rings. The van der Waals surface area contributed by atoms with E-state index in [0.29, 0.717) is 0 Å². The molecule has 0 atom stereocenters. The molecule has 2 aliphatic rings. The van der Waals surface area contributed by atoms with Crippen molar-refractivity contribution in [3.63, 3.8) is 0 Å². The van der Waals surface area contributed by atoms with Gasteiger partial charge in [-0.3, -0.25) is 0 Å². The third-order valence-corrected chi connectivity index (χ3v) is 10.8. The average molecular weight is 582 g/mol. The summed E-state index contributed by atoms with van der Waals surface area (Å²) < 4.78 is 0. The number of rotatable bonds is 6. The van der Waals surface area contributed by atoms with Gasteiger partial charge in [-0.15, -0.1) is 0 Å². The normalized spacial score (nSPS) is 14.8. The number of hydrogen-bond acceptors (Lipinski definition) is 1. The van der Waals surface area contributed by atoms with Gasteiger partial charge in [-0.1, -0.05) is 131 Å². The van der Waals surface area contributed by atoms with E-state index < -0.39 is 0 Å². The maximum Gasteiger partial charge on any atom is 0.0465 e. The van der Waals surface area contributed by atoms with Crippen LogP contribution in [0.5, 0.6) is 0 Å². The number of hydrogen-bond donors (Lipinski definition) is 0. The van der Waals surface area contributed by atoms with Gasteiger partial charge < -0.3 is 4.90 Å². The van der Waals surface area contributed by atoms with Crippen molar-refractivity contribution in [1.29, 1.82) is 0 Å². The van der Waals surface area contributed by atoms with E-state index in [2.05, 4.69) is 172 Å². The maximum absolute atomic E-state index is 2.49. The summed E-state index contributed by atoms with van der Waals surface area (Å²) in [5.74, 6) is 0. The summed E-state index contributed by atoms with van der Waals surface area (Å²) in [5, 5.41) is 0. The Balaban J connectivity index is 1.31. The van der Waals surface area contributed by atoms with E-state index in [1.54, 1.807) is 0 Å². The number of anilines is 3. The van der Waals surface area contributed by atoms with Gasteiger partial charge in [0.1, 0.15) is 0 Å². The van der Waals surface area contributed by atoms with Crippen molar-refractivity contribution < 1.29 is 0 Å². The molecule has 6 aromatic carbocycles. The number of nitrogens with zero attached hydrogens (tertiary/aromatic N) is 1. The molecule has 0 radical (unpaired) electrons. The van der Waals surface area contributed by atoms with E-state index >= 15 is 0 Å². The second-order valence-electron chi connectivity index (χ2n) is 13.2. The fourth-order valence-electron chi connectivity index (χ4n) is 8.31. The lowest BCUT2D eigenvalue weighted by Crippen LogP contribution is -2.23. The second-order valence-corrected chi connectivity index (χ2v) is 13.2. The number of benzene rings is 6. The molecule has 0 bridgehead atoms. The summed E-state index contributed by atoms with van der Waals surface area (Å²) >= 11 is 0. The van der Waals surface area contributed by atoms with Crippen molar-refractivity contribution in [2.24, 2.45) is 0 Å². The van der Waals surface area contributed by atoms with Gasteiger partial charge in [0, 0.05) is 27.9 Å². The Kier molecular flexibility index (Phi) is 6.36. The first-order valence-corrected chi connectivity index (χ1v) is 16.4. The molecular formula is C44H39N. The van der Waals surface area contributed by atoms with E-state index in [1.807, 2.05) is 0 Å². The summed E-state index contributed by atoms with van der Waals surface area (Å²) in [6, 6.07) is 52.0. The van der Waals surface area contributed by atoms with Crippen molar-refractivity contribution in [2.45, 2.75) is 51.4 Å². The van der Waals surface area contributed by atoms with Crippen LogP contribution in [-0.4, -0.2) is 0 Å². The van der Waals surface area contributed by atoms with E-state index in [9.17, 15) is 0 Å². The molecule has 45 heavy (non-hydrogen) atoms. The predicted molar refractivity (Wildman–Crippen MR) is 191 cm³/mol. The van der Waals surface area contributed by atoms with Gasteiger partial charge in [-0.05, 0) is 105 Å². The average Bonchev–Trinajstić information content (AvgIpc) is 3.50. The monoisotopic (exact) mass is 581 g/mol. The molecule has 0 amide bonds. The summed E-state index contributed by atoms with van der Waals surface area (Å²) in [6.07, 6.45) is 2.15. The molecule has 0 spiro atoms. The quantitative estimate of drug-likeness (QED) is 0.189. The highest BCUT2D eigenvalue weighted by Gasteiger charge is 2.41. The molecule has 2 aliphatic carbocycles. The largest absolute Gasteiger partial charge is 0.310 e. The smallest absolute Gasteiger partial charge is 0.0465 e. The van der Waals surface area contributed by atoms with Crippen LogP contribution in [0.25, 0.3) is 33.4 Å². The first-order chi connectivity index (χ1) is 22.0. The van der Waals surface area contributed by atoms with Gasteiger partial charge in [0.05, 0.1) is 0 Å². The van der Waals surface area contributed by atoms with Gasteiger partial charge in [0.15, 0.2) is 0 Å². The second kappa shape index (κ2) is 10.3. The van der Waals surface area contributed by atoms with Crippen LogP contribution in [0.2, 0.25) is 0 Å². The van der Waals surface area contributed by atoms with Crippen LogP contribution in [0.1, 0.15) is 62.8 Å². The van der Waals surface area contributed by atoms with Gasteiger partial charge >= 0.3 is 0 Å². The van der Waals surface area contributed by atoms with Crippen LogP contribution in [0.3, 0.4) is 0 Å². The highest BCUT2D eigenvalue weighted by atomic mass is 15.1. The molecule has 1 heteroatoms. The molecule has 8 rings (SSSR count). The first kappa shape index (κ1) is 27.7. The summed E-state index contributed by atoms with van der Waals surface area (Å²) in [4.78, 5) is 2.47. The topological polar surface area (TPSA) is 3.24 Å². The zero-order valence-corrected chi connectivity index (χ0v) is 26.6. The van der Waals surface area contributed by atoms with Crippen LogP contribution >= 0.6 is 0 Å². The van der Waals surface area contributed by atoms with Crippen molar-refractivity contribution in [1.82, 2.24) is 0 Å². The predicted octanol–water partition coefficient (Wildman–Crippen LogP) is 12.2. The highest BCUT2D eigenvalue weighted by Crippen LogP contribution is 2.55. The molecular weight excluding hydrogens is 542 g/mol. The maximum atomic E-state index is 2.49. The molecule has 1 nitrogen and oxygen atoms in total. The van der Waals surface area contributed by atoms with Crippen LogP contribution in [0.15, 0.2) is 140 Å². The van der Waals surface area contributed by atoms with Crippen molar-refractivity contribution in [3.8, 4) is 33.4 Å². The van der Waals surface area contributed by atoms with Crippen molar-refractivity contribution in [2.75, 3.05) is 4.90 Å². The summed E-state index contributed by atoms with van der Waals surface area (Å²) in [7, 11) is 0. The third kappa shape index (κ3) is 4.07. The fraction of sp³-hybridized carbons (Fsp3) is 0.182. The van der Waals surface area contributed by atoms with E-state index in [1.165, 1.54) is 67.0 Å². The molecule has 220 valence electrons. The molecule has 0 saturated carbocycles. The summed E-state index contributed by atoms with van der Waals surface area (Å²) in [5.41, 5.74) is 17.2. The Labute approximate surface area is 267 Å². The van der Waals surface area contributed by atoms with Crippen LogP contribution in [-0.2, 0) is 10.8 Å². The minimum Gasteiger partial charge on any atom is -0.310 e. The molecule has 0 unspecified atom stereocenters. The fourth-order valence-corrected chi connectivity index (χ4v) is 8.31. The minimum absolute atomic E-state index is 0.0202. The first-order valence-electron chi connectivity index (χ1n) is 16.4. The zero-order chi connectivity index (χ0) is 30.8. The van der Waals surface area contributed by atoms with Crippen LogP contribution < -0.4 is 4.90 Å². The van der Waals surface area contributed by atoms with Crippen LogP contribution in [0.4, 0.5) is 17.1 Å². The Hall–Kier alpha value is -4.88. The lowest BCUT2D eigenvalue weighted by molar-refractivity contribution is 0.490.